The van der Waals surface area contributed by atoms with Gasteiger partial charge in [-0.2, -0.15) is 4.39 Å². The number of carbonyl (C=O) groups excluding carboxylic acids is 2. The van der Waals surface area contributed by atoms with Crippen molar-refractivity contribution in [3.8, 4) is 0 Å². The van der Waals surface area contributed by atoms with Crippen LogP contribution in [0, 0.1) is 5.95 Å². The Morgan fingerprint density at radius 1 is 1.56 bits per heavy atom. The molecule has 0 aromatic carbocycles. The summed E-state index contributed by atoms with van der Waals surface area (Å²) in [5.41, 5.74) is 0.0231. The molecule has 0 saturated carbocycles. The molecule has 0 fully saturated rings. The van der Waals surface area contributed by atoms with Gasteiger partial charge in [-0.1, -0.05) is 6.58 Å². The molecule has 6 heteroatoms. The predicted octanol–water partition coefficient (Wildman–Crippen LogP) is 1.32. The predicted molar refractivity (Wildman–Crippen MR) is 57.4 cm³/mol. The van der Waals surface area contributed by atoms with Crippen LogP contribution in [-0.4, -0.2) is 40.0 Å². The Hall–Kier alpha value is -1.27. The summed E-state index contributed by atoms with van der Waals surface area (Å²) in [6, 6.07) is 2.13. The number of carbonyl (C=O) groups is 2. The Morgan fingerprint density at radius 3 is 2.69 bits per heavy atom. The number of esters is 2. The van der Waals surface area contributed by atoms with E-state index in [1.165, 1.54) is 13.0 Å². The Bertz CT molecular complexity index is 443. The molecule has 1 heterocycles. The molecule has 0 spiro atoms. The van der Waals surface area contributed by atoms with E-state index in [4.69, 9.17) is 0 Å². The zero-order valence-electron chi connectivity index (χ0n) is 10.7. The normalized spacial score (nSPS) is 8.88. The van der Waals surface area contributed by atoms with Gasteiger partial charge in [0.2, 0.25) is 5.95 Å². The number of rotatable bonds is 2. The van der Waals surface area contributed by atoms with Crippen LogP contribution in [0.1, 0.15) is 20.1 Å². The van der Waals surface area contributed by atoms with Crippen molar-refractivity contribution < 1.29 is 21.6 Å². The zero-order chi connectivity index (χ0) is 11.4. The molecule has 0 amide bonds. The van der Waals surface area contributed by atoms with E-state index in [1.54, 1.807) is 0 Å². The van der Waals surface area contributed by atoms with Crippen LogP contribution in [0.25, 0.3) is 0 Å². The van der Waals surface area contributed by atoms with E-state index >= 15 is 0 Å². The van der Waals surface area contributed by atoms with Crippen LogP contribution in [0.4, 0.5) is 4.39 Å². The van der Waals surface area contributed by atoms with Crippen molar-refractivity contribution in [2.45, 2.75) is 6.92 Å². The van der Waals surface area contributed by atoms with Crippen LogP contribution >= 0.6 is 0 Å². The Kier molecular flexibility index (Phi) is 5.83. The molecule has 0 aliphatic carbocycles. The van der Waals surface area contributed by atoms with Gasteiger partial charge in [-0.3, -0.25) is 0 Å². The fraction of sp³-hybridized carbons (Fsp3) is 0.100. The van der Waals surface area contributed by atoms with Crippen molar-refractivity contribution in [2.24, 2.45) is 0 Å². The van der Waals surface area contributed by atoms with Gasteiger partial charge in [-0.05, 0) is 13.0 Å². The van der Waals surface area contributed by atoms with Gasteiger partial charge in [0.1, 0.15) is 0 Å². The molecular formula is C10H10FMgNO3. The third-order valence-corrected chi connectivity index (χ3v) is 1.50. The second-order valence-corrected chi connectivity index (χ2v) is 2.82. The molecule has 0 bridgehead atoms. The number of ether oxygens (including phenoxy) is 1. The van der Waals surface area contributed by atoms with Crippen LogP contribution in [0.2, 0.25) is 0 Å². The van der Waals surface area contributed by atoms with Crippen LogP contribution in [-0.2, 0) is 9.53 Å². The van der Waals surface area contributed by atoms with Crippen LogP contribution < -0.4 is 0 Å². The number of hydrogen-bond donors (Lipinski definition) is 0. The van der Waals surface area contributed by atoms with Crippen LogP contribution in [0.3, 0.4) is 0 Å². The number of hydrogen-bond acceptors (Lipinski definition) is 4. The first kappa shape index (κ1) is 14.7. The van der Waals surface area contributed by atoms with E-state index in [1.807, 2.05) is 0 Å². The van der Waals surface area contributed by atoms with Gasteiger partial charge in [0.15, 0.2) is 0 Å². The molecular weight excluding hydrogens is 225 g/mol. The molecule has 1 rings (SSSR count). The molecule has 0 aliphatic heterocycles. The van der Waals surface area contributed by atoms with Crippen LogP contribution in [0.5, 0.6) is 0 Å². The molecule has 1 aromatic rings. The summed E-state index contributed by atoms with van der Waals surface area (Å²) in [5, 5.41) is 0. The smallest absolute Gasteiger partial charge is 1.00 e. The maximum absolute atomic E-state index is 12.6. The van der Waals surface area contributed by atoms with Gasteiger partial charge >= 0.3 is 35.0 Å². The fourth-order valence-corrected chi connectivity index (χ4v) is 0.760. The fourth-order valence-electron chi connectivity index (χ4n) is 0.760. The first-order valence-electron chi connectivity index (χ1n) is 4.04. The summed E-state index contributed by atoms with van der Waals surface area (Å²) >= 11 is 0. The minimum atomic E-state index is -0.927. The molecule has 4 nitrogen and oxygen atoms in total. The Labute approximate surface area is 111 Å². The van der Waals surface area contributed by atoms with Crippen molar-refractivity contribution in [3.63, 3.8) is 0 Å². The summed E-state index contributed by atoms with van der Waals surface area (Å²) < 4.78 is 17.0. The molecule has 0 N–H and O–H groups in total. The summed E-state index contributed by atoms with van der Waals surface area (Å²) in [5.74, 6) is -2.58. The molecule has 0 saturated heterocycles. The van der Waals surface area contributed by atoms with Gasteiger partial charge in [0.25, 0.3) is 0 Å². The third-order valence-electron chi connectivity index (χ3n) is 1.50. The summed E-state index contributed by atoms with van der Waals surface area (Å²) in [6.45, 7) is 4.71. The number of pyridine rings is 1. The second kappa shape index (κ2) is 6.34. The average molecular weight is 235 g/mol. The van der Waals surface area contributed by atoms with E-state index in [-0.39, 0.29) is 37.0 Å². The SMILES string of the molecule is C=C(C)C(=O)OC(=O)c1ccnc(F)c1.[H-].[H-].[Mg+2]. The third kappa shape index (κ3) is 4.07. The summed E-state index contributed by atoms with van der Waals surface area (Å²) in [4.78, 5) is 25.5. The minimum absolute atomic E-state index is 0. The largest absolute Gasteiger partial charge is 2.00 e. The van der Waals surface area contributed by atoms with E-state index in [0.717, 1.165) is 12.3 Å². The first-order chi connectivity index (χ1) is 7.00. The van der Waals surface area contributed by atoms with Crippen LogP contribution in [0.15, 0.2) is 30.5 Å². The summed E-state index contributed by atoms with van der Waals surface area (Å²) in [6.07, 6.45) is 1.11. The van der Waals surface area contributed by atoms with Gasteiger partial charge in [-0.15, -0.1) is 0 Å². The van der Waals surface area contributed by atoms with E-state index < -0.39 is 17.9 Å². The summed E-state index contributed by atoms with van der Waals surface area (Å²) in [7, 11) is 0. The molecule has 1 aromatic heterocycles. The maximum atomic E-state index is 12.6. The van der Waals surface area contributed by atoms with E-state index in [2.05, 4.69) is 16.3 Å². The van der Waals surface area contributed by atoms with Crippen molar-refractivity contribution in [3.05, 3.63) is 42.0 Å². The molecule has 0 radical (unpaired) electrons. The minimum Gasteiger partial charge on any atom is -1.00 e. The molecule has 16 heavy (non-hydrogen) atoms. The Balaban J connectivity index is -0.000000750. The number of nitrogens with zero attached hydrogens (tertiary/aromatic N) is 1. The monoisotopic (exact) mass is 235 g/mol. The molecule has 0 unspecified atom stereocenters. The van der Waals surface area contributed by atoms with Gasteiger partial charge in [-0.25, -0.2) is 14.6 Å². The molecule has 82 valence electrons. The van der Waals surface area contributed by atoms with Gasteiger partial charge in [0, 0.05) is 17.8 Å². The quantitative estimate of drug-likeness (QED) is 0.255. The number of aromatic nitrogens is 1. The maximum Gasteiger partial charge on any atom is 2.00 e. The van der Waals surface area contributed by atoms with Gasteiger partial charge < -0.3 is 7.59 Å². The topological polar surface area (TPSA) is 56.3 Å². The van der Waals surface area contributed by atoms with Crippen molar-refractivity contribution in [2.75, 3.05) is 0 Å². The van der Waals surface area contributed by atoms with Crippen molar-refractivity contribution in [1.82, 2.24) is 4.98 Å². The molecule has 0 aliphatic rings. The van der Waals surface area contributed by atoms with Gasteiger partial charge in [0.05, 0.1) is 5.56 Å². The second-order valence-electron chi connectivity index (χ2n) is 2.82. The van der Waals surface area contributed by atoms with E-state index in [9.17, 15) is 14.0 Å². The average Bonchev–Trinajstić information content (AvgIpc) is 2.17. The Morgan fingerprint density at radius 2 is 2.19 bits per heavy atom. The molecule has 0 atom stereocenters. The van der Waals surface area contributed by atoms with Crippen molar-refractivity contribution >= 4 is 35.0 Å². The van der Waals surface area contributed by atoms with Crippen molar-refractivity contribution in [1.29, 1.82) is 0 Å². The standard InChI is InChI=1S/C10H8FNO3.Mg.2H/c1-6(2)9(13)15-10(14)7-3-4-12-8(11)5-7;;;/h3-5H,1H2,2H3;;;/q;+2;2*-1. The number of halogens is 1. The zero-order valence-corrected chi connectivity index (χ0v) is 10.1. The van der Waals surface area contributed by atoms with E-state index in [0.29, 0.717) is 0 Å². The first-order valence-corrected chi connectivity index (χ1v) is 4.04.